The molecule has 2 aromatic carbocycles. The second-order valence-corrected chi connectivity index (χ2v) is 5.24. The van der Waals surface area contributed by atoms with Crippen LogP contribution < -0.4 is 16.0 Å². The molecule has 0 unspecified atom stereocenters. The minimum atomic E-state index is -0.370. The highest BCUT2D eigenvalue weighted by molar-refractivity contribution is 6.30. The van der Waals surface area contributed by atoms with Crippen LogP contribution in [0.1, 0.15) is 12.5 Å². The zero-order valence-electron chi connectivity index (χ0n) is 12.2. The fourth-order valence-electron chi connectivity index (χ4n) is 1.93. The minimum absolute atomic E-state index is 0.168. The van der Waals surface area contributed by atoms with Gasteiger partial charge in [0.05, 0.1) is 0 Å². The van der Waals surface area contributed by atoms with Crippen LogP contribution >= 0.6 is 11.6 Å². The summed E-state index contributed by atoms with van der Waals surface area (Å²) in [5.41, 5.74) is 2.75. The number of aryl methyl sites for hydroxylation is 1. The number of carbonyl (C=O) groups is 2. The highest BCUT2D eigenvalue weighted by atomic mass is 35.5. The van der Waals surface area contributed by atoms with Crippen LogP contribution in [0.15, 0.2) is 42.5 Å². The van der Waals surface area contributed by atoms with Crippen LogP contribution in [0.5, 0.6) is 0 Å². The number of hydrogen-bond donors (Lipinski definition) is 3. The molecule has 22 heavy (non-hydrogen) atoms. The van der Waals surface area contributed by atoms with E-state index in [1.165, 1.54) is 6.92 Å². The van der Waals surface area contributed by atoms with Gasteiger partial charge in [0, 0.05) is 29.0 Å². The van der Waals surface area contributed by atoms with Crippen molar-refractivity contribution < 1.29 is 9.59 Å². The third kappa shape index (κ3) is 4.49. The molecule has 0 saturated carbocycles. The molecule has 0 aliphatic rings. The Balaban J connectivity index is 2.04. The van der Waals surface area contributed by atoms with Gasteiger partial charge >= 0.3 is 6.03 Å². The van der Waals surface area contributed by atoms with Gasteiger partial charge in [0.15, 0.2) is 0 Å². The first-order valence-corrected chi connectivity index (χ1v) is 7.03. The van der Waals surface area contributed by atoms with E-state index in [0.29, 0.717) is 22.1 Å². The molecule has 0 saturated heterocycles. The van der Waals surface area contributed by atoms with Crippen LogP contribution in [-0.4, -0.2) is 11.9 Å². The summed E-state index contributed by atoms with van der Waals surface area (Å²) in [4.78, 5) is 23.0. The zero-order chi connectivity index (χ0) is 16.1. The molecule has 5 nitrogen and oxygen atoms in total. The topological polar surface area (TPSA) is 70.2 Å². The van der Waals surface area contributed by atoms with Gasteiger partial charge in [-0.15, -0.1) is 0 Å². The van der Waals surface area contributed by atoms with E-state index in [2.05, 4.69) is 16.0 Å². The second-order valence-electron chi connectivity index (χ2n) is 4.80. The third-order valence-corrected chi connectivity index (χ3v) is 3.11. The Morgan fingerprint density at radius 3 is 2.27 bits per heavy atom. The van der Waals surface area contributed by atoms with Crippen LogP contribution in [-0.2, 0) is 4.79 Å². The molecule has 0 radical (unpaired) electrons. The number of carbonyl (C=O) groups excluding carboxylic acids is 2. The van der Waals surface area contributed by atoms with Crippen LogP contribution in [0.2, 0.25) is 5.02 Å². The van der Waals surface area contributed by atoms with Crippen LogP contribution in [0.25, 0.3) is 0 Å². The van der Waals surface area contributed by atoms with Gasteiger partial charge < -0.3 is 16.0 Å². The molecule has 0 aromatic heterocycles. The van der Waals surface area contributed by atoms with Gasteiger partial charge in [0.2, 0.25) is 5.91 Å². The van der Waals surface area contributed by atoms with Gasteiger partial charge in [-0.25, -0.2) is 4.79 Å². The van der Waals surface area contributed by atoms with Crippen LogP contribution in [0, 0.1) is 6.92 Å². The van der Waals surface area contributed by atoms with E-state index in [1.807, 2.05) is 6.92 Å². The molecule has 6 heteroatoms. The summed E-state index contributed by atoms with van der Waals surface area (Å²) in [5.74, 6) is -0.168. The molecule has 3 N–H and O–H groups in total. The molecule has 0 heterocycles. The molecule has 0 bridgehead atoms. The predicted octanol–water partition coefficient (Wildman–Crippen LogP) is 4.25. The van der Waals surface area contributed by atoms with Crippen molar-refractivity contribution in [3.8, 4) is 0 Å². The highest BCUT2D eigenvalue weighted by Crippen LogP contribution is 2.20. The van der Waals surface area contributed by atoms with Crippen LogP contribution in [0.4, 0.5) is 21.9 Å². The number of halogens is 1. The molecule has 0 aliphatic heterocycles. The van der Waals surface area contributed by atoms with E-state index in [4.69, 9.17) is 11.6 Å². The first-order valence-electron chi connectivity index (χ1n) is 6.66. The van der Waals surface area contributed by atoms with Gasteiger partial charge in [0.25, 0.3) is 0 Å². The average Bonchev–Trinajstić information content (AvgIpc) is 2.41. The zero-order valence-corrected chi connectivity index (χ0v) is 13.0. The van der Waals surface area contributed by atoms with E-state index in [1.54, 1.807) is 42.5 Å². The summed E-state index contributed by atoms with van der Waals surface area (Å²) in [7, 11) is 0. The predicted molar refractivity (Wildman–Crippen MR) is 89.6 cm³/mol. The van der Waals surface area contributed by atoms with Crippen molar-refractivity contribution in [2.75, 3.05) is 16.0 Å². The van der Waals surface area contributed by atoms with E-state index in [-0.39, 0.29) is 11.9 Å². The lowest BCUT2D eigenvalue weighted by molar-refractivity contribution is -0.114. The van der Waals surface area contributed by atoms with Crippen molar-refractivity contribution >= 4 is 40.6 Å². The Hall–Kier alpha value is -2.53. The largest absolute Gasteiger partial charge is 0.326 e. The summed E-state index contributed by atoms with van der Waals surface area (Å²) in [5, 5.41) is 8.74. The normalized spacial score (nSPS) is 9.95. The van der Waals surface area contributed by atoms with Gasteiger partial charge in [-0.05, 0) is 48.9 Å². The lowest BCUT2D eigenvalue weighted by Gasteiger charge is -2.11. The van der Waals surface area contributed by atoms with Crippen molar-refractivity contribution in [2.45, 2.75) is 13.8 Å². The van der Waals surface area contributed by atoms with Crippen molar-refractivity contribution in [1.29, 1.82) is 0 Å². The lowest BCUT2D eigenvalue weighted by atomic mass is 10.2. The van der Waals surface area contributed by atoms with Gasteiger partial charge in [0.1, 0.15) is 0 Å². The van der Waals surface area contributed by atoms with Gasteiger partial charge in [-0.3, -0.25) is 4.79 Å². The Labute approximate surface area is 133 Å². The monoisotopic (exact) mass is 317 g/mol. The minimum Gasteiger partial charge on any atom is -0.326 e. The van der Waals surface area contributed by atoms with Crippen LogP contribution in [0.3, 0.4) is 0 Å². The average molecular weight is 318 g/mol. The Morgan fingerprint density at radius 2 is 1.64 bits per heavy atom. The fraction of sp³-hybridized carbons (Fsp3) is 0.125. The molecule has 2 aromatic rings. The van der Waals surface area contributed by atoms with E-state index in [9.17, 15) is 9.59 Å². The van der Waals surface area contributed by atoms with Gasteiger partial charge in [-0.1, -0.05) is 17.7 Å². The molecular formula is C16H16ClN3O2. The number of hydrogen-bond acceptors (Lipinski definition) is 2. The summed E-state index contributed by atoms with van der Waals surface area (Å²) in [6.07, 6.45) is 0. The molecule has 0 aliphatic carbocycles. The maximum atomic E-state index is 12.0. The lowest BCUT2D eigenvalue weighted by Crippen LogP contribution is -2.20. The van der Waals surface area contributed by atoms with E-state index < -0.39 is 0 Å². The summed E-state index contributed by atoms with van der Waals surface area (Å²) < 4.78 is 0. The second kappa shape index (κ2) is 6.95. The summed E-state index contributed by atoms with van der Waals surface area (Å²) in [6, 6.07) is 11.8. The number of rotatable bonds is 3. The molecule has 2 rings (SSSR count). The molecule has 3 amide bonds. The summed E-state index contributed by atoms with van der Waals surface area (Å²) >= 11 is 5.88. The van der Waals surface area contributed by atoms with Crippen molar-refractivity contribution in [1.82, 2.24) is 0 Å². The third-order valence-electron chi connectivity index (χ3n) is 2.88. The molecule has 0 spiro atoms. The first-order chi connectivity index (χ1) is 10.4. The Morgan fingerprint density at radius 1 is 0.955 bits per heavy atom. The number of urea groups is 1. The van der Waals surface area contributed by atoms with Crippen molar-refractivity contribution in [3.63, 3.8) is 0 Å². The number of amides is 3. The molecular weight excluding hydrogens is 302 g/mol. The standard InChI is InChI=1S/C16H16ClN3O2/c1-10-8-12(17)6-7-15(10)20-16(22)19-14-5-3-4-13(9-14)18-11(2)21/h3-9H,1-2H3,(H,18,21)(H2,19,20,22). The smallest absolute Gasteiger partial charge is 0.323 e. The quantitative estimate of drug-likeness (QED) is 0.792. The van der Waals surface area contributed by atoms with Gasteiger partial charge in [-0.2, -0.15) is 0 Å². The SMILES string of the molecule is CC(=O)Nc1cccc(NC(=O)Nc2ccc(Cl)cc2C)c1. The Bertz CT molecular complexity index is 716. The maximum absolute atomic E-state index is 12.0. The Kier molecular flexibility index (Phi) is 5.01. The fourth-order valence-corrected chi connectivity index (χ4v) is 2.16. The maximum Gasteiger partial charge on any atom is 0.323 e. The number of nitrogens with one attached hydrogen (secondary N) is 3. The van der Waals surface area contributed by atoms with Crippen molar-refractivity contribution in [2.24, 2.45) is 0 Å². The van der Waals surface area contributed by atoms with E-state index in [0.717, 1.165) is 5.56 Å². The van der Waals surface area contributed by atoms with E-state index >= 15 is 0 Å². The molecule has 114 valence electrons. The summed E-state index contributed by atoms with van der Waals surface area (Å²) in [6.45, 7) is 3.29. The molecule has 0 fully saturated rings. The first kappa shape index (κ1) is 15.9. The van der Waals surface area contributed by atoms with Crippen molar-refractivity contribution in [3.05, 3.63) is 53.1 Å². The number of anilines is 3. The highest BCUT2D eigenvalue weighted by Gasteiger charge is 2.06. The molecule has 0 atom stereocenters. The number of benzene rings is 2.